The summed E-state index contributed by atoms with van der Waals surface area (Å²) >= 11 is 3.60. The Kier molecular flexibility index (Phi) is 4.90. The van der Waals surface area contributed by atoms with Crippen LogP contribution in [0.2, 0.25) is 0 Å². The predicted octanol–water partition coefficient (Wildman–Crippen LogP) is 2.59. The van der Waals surface area contributed by atoms with Gasteiger partial charge in [0.15, 0.2) is 0 Å². The lowest BCUT2D eigenvalue weighted by molar-refractivity contribution is 0.588. The lowest BCUT2D eigenvalue weighted by Crippen LogP contribution is -2.43. The number of piperazine rings is 1. The Morgan fingerprint density at radius 1 is 1.27 bits per heavy atom. The van der Waals surface area contributed by atoms with Gasteiger partial charge in [0, 0.05) is 30.7 Å². The van der Waals surface area contributed by atoms with E-state index in [0.29, 0.717) is 0 Å². The fourth-order valence-electron chi connectivity index (χ4n) is 1.77. The largest absolute Gasteiger partial charge is 0.368 e. The molecule has 1 aromatic rings. The fraction of sp³-hybridized carbons (Fsp3) is 0.455. The van der Waals surface area contributed by atoms with Gasteiger partial charge in [0.2, 0.25) is 0 Å². The molecule has 0 aromatic heterocycles. The summed E-state index contributed by atoms with van der Waals surface area (Å²) in [6.07, 6.45) is 0. The number of hydrogen-bond donors (Lipinski definition) is 1. The lowest BCUT2D eigenvalue weighted by atomic mass is 10.2. The Hall–Kier alpha value is -0.250. The van der Waals surface area contributed by atoms with E-state index in [9.17, 15) is 0 Å². The van der Waals surface area contributed by atoms with Crippen molar-refractivity contribution >= 4 is 34.0 Å². The summed E-state index contributed by atoms with van der Waals surface area (Å²) in [5.74, 6) is 0. The number of hydrogen-bond acceptors (Lipinski definition) is 2. The van der Waals surface area contributed by atoms with E-state index in [1.54, 1.807) is 0 Å². The predicted molar refractivity (Wildman–Crippen MR) is 71.2 cm³/mol. The molecule has 0 unspecified atom stereocenters. The van der Waals surface area contributed by atoms with Crippen LogP contribution in [0.5, 0.6) is 0 Å². The molecule has 4 heteroatoms. The topological polar surface area (TPSA) is 15.3 Å². The third-order valence-corrected chi connectivity index (χ3v) is 3.23. The first kappa shape index (κ1) is 12.8. The quantitative estimate of drug-likeness (QED) is 0.855. The van der Waals surface area contributed by atoms with Crippen LogP contribution in [-0.2, 0) is 0 Å². The fourth-order valence-corrected chi connectivity index (χ4v) is 2.27. The molecule has 0 atom stereocenters. The Morgan fingerprint density at radius 3 is 2.60 bits per heavy atom. The van der Waals surface area contributed by atoms with Gasteiger partial charge in [-0.05, 0) is 40.5 Å². The molecule has 1 aliphatic heterocycles. The van der Waals surface area contributed by atoms with Crippen molar-refractivity contribution in [3.8, 4) is 0 Å². The summed E-state index contributed by atoms with van der Waals surface area (Å²) in [6.45, 7) is 6.50. The van der Waals surface area contributed by atoms with E-state index in [1.165, 1.54) is 15.7 Å². The normalized spacial score (nSPS) is 16.0. The highest BCUT2D eigenvalue weighted by atomic mass is 79.9. The van der Waals surface area contributed by atoms with Gasteiger partial charge < -0.3 is 10.2 Å². The van der Waals surface area contributed by atoms with Crippen molar-refractivity contribution in [2.24, 2.45) is 0 Å². The van der Waals surface area contributed by atoms with Crippen LogP contribution in [0.1, 0.15) is 5.56 Å². The number of benzene rings is 1. The Labute approximate surface area is 106 Å². The minimum absolute atomic E-state index is 0. The van der Waals surface area contributed by atoms with Crippen LogP contribution in [0.15, 0.2) is 22.7 Å². The Bertz CT molecular complexity index is 324. The molecule has 1 fully saturated rings. The van der Waals surface area contributed by atoms with Crippen LogP contribution >= 0.6 is 28.3 Å². The molecule has 1 heterocycles. The van der Waals surface area contributed by atoms with Gasteiger partial charge in [-0.25, -0.2) is 0 Å². The van der Waals surface area contributed by atoms with Crippen LogP contribution < -0.4 is 10.2 Å². The standard InChI is InChI=1S/C11H15BrN2.ClH/c1-9-2-3-10(12)11(8-9)14-6-4-13-5-7-14;/h2-3,8,13H,4-7H2,1H3;1H. The van der Waals surface area contributed by atoms with Crippen molar-refractivity contribution in [1.82, 2.24) is 5.32 Å². The van der Waals surface area contributed by atoms with Gasteiger partial charge in [-0.15, -0.1) is 12.4 Å². The molecule has 2 nitrogen and oxygen atoms in total. The summed E-state index contributed by atoms with van der Waals surface area (Å²) in [5, 5.41) is 3.36. The monoisotopic (exact) mass is 290 g/mol. The molecule has 1 N–H and O–H groups in total. The van der Waals surface area contributed by atoms with Gasteiger partial charge in [0.1, 0.15) is 0 Å². The number of nitrogens with one attached hydrogen (secondary N) is 1. The van der Waals surface area contributed by atoms with Crippen molar-refractivity contribution in [3.05, 3.63) is 28.2 Å². The second-order valence-electron chi connectivity index (χ2n) is 3.69. The second-order valence-corrected chi connectivity index (χ2v) is 4.55. The first-order valence-corrected chi connectivity index (χ1v) is 5.78. The molecule has 0 bridgehead atoms. The lowest BCUT2D eigenvalue weighted by Gasteiger charge is -2.30. The number of halogens is 2. The number of rotatable bonds is 1. The number of aryl methyl sites for hydroxylation is 1. The van der Waals surface area contributed by atoms with E-state index in [-0.39, 0.29) is 12.4 Å². The third kappa shape index (κ3) is 3.10. The van der Waals surface area contributed by atoms with Crippen LogP contribution in [0.3, 0.4) is 0 Å². The average Bonchev–Trinajstić information content (AvgIpc) is 2.23. The van der Waals surface area contributed by atoms with E-state index >= 15 is 0 Å². The van der Waals surface area contributed by atoms with Crippen LogP contribution in [0, 0.1) is 6.92 Å². The number of nitrogens with zero attached hydrogens (tertiary/aromatic N) is 1. The first-order chi connectivity index (χ1) is 6.77. The van der Waals surface area contributed by atoms with E-state index in [0.717, 1.165) is 26.2 Å². The molecular weight excluding hydrogens is 275 g/mol. The van der Waals surface area contributed by atoms with Crippen LogP contribution in [-0.4, -0.2) is 26.2 Å². The Morgan fingerprint density at radius 2 is 1.93 bits per heavy atom. The van der Waals surface area contributed by atoms with Crippen molar-refractivity contribution < 1.29 is 0 Å². The molecule has 2 rings (SSSR count). The molecule has 0 saturated carbocycles. The smallest absolute Gasteiger partial charge is 0.0514 e. The zero-order valence-electron chi connectivity index (χ0n) is 8.79. The zero-order valence-corrected chi connectivity index (χ0v) is 11.2. The number of anilines is 1. The highest BCUT2D eigenvalue weighted by Crippen LogP contribution is 2.27. The average molecular weight is 292 g/mol. The molecule has 0 spiro atoms. The minimum Gasteiger partial charge on any atom is -0.368 e. The molecule has 0 radical (unpaired) electrons. The van der Waals surface area contributed by atoms with Gasteiger partial charge >= 0.3 is 0 Å². The maximum Gasteiger partial charge on any atom is 0.0514 e. The van der Waals surface area contributed by atoms with E-state index in [4.69, 9.17) is 0 Å². The summed E-state index contributed by atoms with van der Waals surface area (Å²) in [7, 11) is 0. The molecule has 1 saturated heterocycles. The molecule has 1 aliphatic rings. The van der Waals surface area contributed by atoms with Gasteiger partial charge in [0.25, 0.3) is 0 Å². The molecular formula is C11H16BrClN2. The van der Waals surface area contributed by atoms with E-state index < -0.39 is 0 Å². The van der Waals surface area contributed by atoms with Gasteiger partial charge in [0.05, 0.1) is 5.69 Å². The molecule has 1 aromatic carbocycles. The van der Waals surface area contributed by atoms with Gasteiger partial charge in [-0.1, -0.05) is 6.07 Å². The van der Waals surface area contributed by atoms with Gasteiger partial charge in [-0.2, -0.15) is 0 Å². The second kappa shape index (κ2) is 5.73. The highest BCUT2D eigenvalue weighted by molar-refractivity contribution is 9.10. The van der Waals surface area contributed by atoms with E-state index in [1.807, 2.05) is 0 Å². The zero-order chi connectivity index (χ0) is 9.97. The molecule has 0 aliphatic carbocycles. The molecule has 15 heavy (non-hydrogen) atoms. The van der Waals surface area contributed by atoms with Crippen molar-refractivity contribution in [2.75, 3.05) is 31.1 Å². The summed E-state index contributed by atoms with van der Waals surface area (Å²) in [4.78, 5) is 2.42. The van der Waals surface area contributed by atoms with Gasteiger partial charge in [-0.3, -0.25) is 0 Å². The van der Waals surface area contributed by atoms with Crippen LogP contribution in [0.25, 0.3) is 0 Å². The van der Waals surface area contributed by atoms with Crippen molar-refractivity contribution in [3.63, 3.8) is 0 Å². The summed E-state index contributed by atoms with van der Waals surface area (Å²) in [5.41, 5.74) is 2.65. The van der Waals surface area contributed by atoms with Crippen LogP contribution in [0.4, 0.5) is 5.69 Å². The third-order valence-electron chi connectivity index (χ3n) is 2.56. The van der Waals surface area contributed by atoms with Crippen molar-refractivity contribution in [2.45, 2.75) is 6.92 Å². The molecule has 84 valence electrons. The summed E-state index contributed by atoms with van der Waals surface area (Å²) in [6, 6.07) is 6.51. The highest BCUT2D eigenvalue weighted by Gasteiger charge is 2.12. The minimum atomic E-state index is 0. The maximum atomic E-state index is 3.60. The van der Waals surface area contributed by atoms with E-state index in [2.05, 4.69) is 51.3 Å². The first-order valence-electron chi connectivity index (χ1n) is 4.99. The summed E-state index contributed by atoms with van der Waals surface area (Å²) < 4.78 is 1.20. The van der Waals surface area contributed by atoms with Crippen molar-refractivity contribution in [1.29, 1.82) is 0 Å². The SMILES string of the molecule is Cc1ccc(Br)c(N2CCNCC2)c1.Cl. The molecule has 0 amide bonds. The maximum absolute atomic E-state index is 3.60. The Balaban J connectivity index is 0.00000112.